The maximum Gasteiger partial charge on any atom is 0.269 e. The maximum absolute atomic E-state index is 13.1. The number of rotatable bonds is 6. The third-order valence-electron chi connectivity index (χ3n) is 6.39. The van der Waals surface area contributed by atoms with Crippen LogP contribution < -0.4 is 5.32 Å². The molecular formula is C23H23N5O7S2. The maximum atomic E-state index is 13.1. The molecule has 1 N–H and O–H groups in total. The van der Waals surface area contributed by atoms with E-state index in [0.717, 1.165) is 19.3 Å². The second kappa shape index (κ2) is 9.36. The van der Waals surface area contributed by atoms with Gasteiger partial charge in [0.05, 0.1) is 32.7 Å². The highest BCUT2D eigenvalue weighted by Gasteiger charge is 2.33. The molecule has 0 spiro atoms. The molecule has 37 heavy (non-hydrogen) atoms. The highest BCUT2D eigenvalue weighted by molar-refractivity contribution is 7.90. The lowest BCUT2D eigenvalue weighted by atomic mass is 10.2. The Bertz CT molecular complexity index is 1590. The number of nitro benzene ring substituents is 1. The van der Waals surface area contributed by atoms with E-state index >= 15 is 0 Å². The van der Waals surface area contributed by atoms with E-state index in [9.17, 15) is 31.7 Å². The van der Waals surface area contributed by atoms with Gasteiger partial charge in [0.15, 0.2) is 9.84 Å². The van der Waals surface area contributed by atoms with Gasteiger partial charge in [-0.3, -0.25) is 14.9 Å². The monoisotopic (exact) mass is 545 g/mol. The summed E-state index contributed by atoms with van der Waals surface area (Å²) in [6.07, 6.45) is 2.61. The molecule has 1 fully saturated rings. The van der Waals surface area contributed by atoms with E-state index in [1.54, 1.807) is 0 Å². The van der Waals surface area contributed by atoms with Crippen LogP contribution in [-0.4, -0.2) is 54.8 Å². The molecule has 1 amide bonds. The number of aromatic nitrogens is 2. The van der Waals surface area contributed by atoms with E-state index < -0.39 is 30.7 Å². The number of nitrogens with one attached hydrogen (secondary N) is 1. The summed E-state index contributed by atoms with van der Waals surface area (Å²) in [4.78, 5) is 23.7. The molecule has 194 valence electrons. The molecule has 1 saturated heterocycles. The van der Waals surface area contributed by atoms with E-state index in [-0.39, 0.29) is 39.2 Å². The van der Waals surface area contributed by atoms with Crippen LogP contribution >= 0.6 is 0 Å². The molecule has 0 saturated carbocycles. The highest BCUT2D eigenvalue weighted by atomic mass is 32.2. The molecule has 1 aromatic heterocycles. The number of nitrogens with zero attached hydrogens (tertiary/aromatic N) is 4. The van der Waals surface area contributed by atoms with Crippen LogP contribution in [0, 0.1) is 10.1 Å². The fraction of sp³-hybridized carbons (Fsp3) is 0.304. The number of non-ortho nitro benzene ring substituents is 1. The first-order chi connectivity index (χ1) is 17.5. The Labute approximate surface area is 213 Å². The van der Waals surface area contributed by atoms with E-state index in [2.05, 4.69) is 10.4 Å². The summed E-state index contributed by atoms with van der Waals surface area (Å²) in [5.41, 5.74) is 1.07. The third kappa shape index (κ3) is 4.86. The van der Waals surface area contributed by atoms with Crippen LogP contribution in [0.25, 0.3) is 5.69 Å². The van der Waals surface area contributed by atoms with Crippen LogP contribution in [0.4, 0.5) is 11.5 Å². The normalized spacial score (nSPS) is 17.3. The minimum Gasteiger partial charge on any atom is -0.306 e. The summed E-state index contributed by atoms with van der Waals surface area (Å²) >= 11 is 0. The topological polar surface area (TPSA) is 162 Å². The fourth-order valence-corrected chi connectivity index (χ4v) is 7.50. The van der Waals surface area contributed by atoms with Crippen molar-refractivity contribution in [2.45, 2.75) is 35.7 Å². The second-order valence-electron chi connectivity index (χ2n) is 8.93. The van der Waals surface area contributed by atoms with Gasteiger partial charge in [-0.1, -0.05) is 6.42 Å². The van der Waals surface area contributed by atoms with Crippen molar-refractivity contribution >= 4 is 37.3 Å². The van der Waals surface area contributed by atoms with Crippen LogP contribution in [0.1, 0.15) is 40.9 Å². The SMILES string of the molecule is O=C(Nc1c2c(nn1-c1ccc([N+](=O)[O-])cc1)CS(=O)(=O)C2)c1ccc(S(=O)(=O)N2CCCCC2)cc1. The van der Waals surface area contributed by atoms with Crippen LogP contribution in [0.3, 0.4) is 0 Å². The first-order valence-corrected chi connectivity index (χ1v) is 14.8. The summed E-state index contributed by atoms with van der Waals surface area (Å²) in [6.45, 7) is 0.927. The zero-order valence-corrected chi connectivity index (χ0v) is 21.2. The Hall–Kier alpha value is -3.62. The standard InChI is InChI=1S/C23H23N5O7S2/c29-23(16-4-10-19(11-5-16)37(34,35)26-12-2-1-3-13-26)24-22-20-14-36(32,33)15-21(20)25-27(22)17-6-8-18(9-7-17)28(30)31/h4-11H,1-3,12-15H2,(H,24,29). The van der Waals surface area contributed by atoms with E-state index in [0.29, 0.717) is 24.3 Å². The Morgan fingerprint density at radius 1 is 0.973 bits per heavy atom. The average molecular weight is 546 g/mol. The van der Waals surface area contributed by atoms with Gasteiger partial charge in [0.25, 0.3) is 11.6 Å². The highest BCUT2D eigenvalue weighted by Crippen LogP contribution is 2.33. The van der Waals surface area contributed by atoms with Crippen molar-refractivity contribution < 1.29 is 26.6 Å². The van der Waals surface area contributed by atoms with Gasteiger partial charge in [-0.25, -0.2) is 21.5 Å². The number of benzene rings is 2. The number of hydrogen-bond donors (Lipinski definition) is 1. The summed E-state index contributed by atoms with van der Waals surface area (Å²) in [5, 5.41) is 18.0. The lowest BCUT2D eigenvalue weighted by Crippen LogP contribution is -2.35. The number of hydrogen-bond acceptors (Lipinski definition) is 8. The summed E-state index contributed by atoms with van der Waals surface area (Å²) in [5.74, 6) is -1.04. The lowest BCUT2D eigenvalue weighted by Gasteiger charge is -2.25. The number of piperidine rings is 1. The number of nitro groups is 1. The first kappa shape index (κ1) is 25.0. The molecule has 2 aliphatic heterocycles. The van der Waals surface area contributed by atoms with Crippen molar-refractivity contribution in [1.82, 2.24) is 14.1 Å². The Kier molecular flexibility index (Phi) is 6.33. The Morgan fingerprint density at radius 3 is 2.24 bits per heavy atom. The number of sulfonamides is 1. The van der Waals surface area contributed by atoms with Gasteiger partial charge in [-0.15, -0.1) is 0 Å². The van der Waals surface area contributed by atoms with Crippen molar-refractivity contribution in [2.75, 3.05) is 18.4 Å². The predicted octanol–water partition coefficient (Wildman–Crippen LogP) is 2.64. The lowest BCUT2D eigenvalue weighted by molar-refractivity contribution is -0.384. The molecule has 12 nitrogen and oxygen atoms in total. The zero-order chi connectivity index (χ0) is 26.4. The van der Waals surface area contributed by atoms with E-state index in [1.165, 1.54) is 57.5 Å². The molecule has 14 heteroatoms. The van der Waals surface area contributed by atoms with Crippen LogP contribution in [0.15, 0.2) is 53.4 Å². The molecular weight excluding hydrogens is 522 g/mol. The quantitative estimate of drug-likeness (QED) is 0.365. The molecule has 0 bridgehead atoms. The minimum atomic E-state index is -3.65. The number of amides is 1. The largest absolute Gasteiger partial charge is 0.306 e. The molecule has 0 atom stereocenters. The van der Waals surface area contributed by atoms with Gasteiger partial charge in [0, 0.05) is 36.3 Å². The number of anilines is 1. The van der Waals surface area contributed by atoms with E-state index in [4.69, 9.17) is 0 Å². The van der Waals surface area contributed by atoms with Crippen molar-refractivity contribution in [1.29, 1.82) is 0 Å². The average Bonchev–Trinajstić information content (AvgIpc) is 3.36. The fourth-order valence-electron chi connectivity index (χ4n) is 4.49. The van der Waals surface area contributed by atoms with Crippen molar-refractivity contribution in [3.05, 3.63) is 75.5 Å². The van der Waals surface area contributed by atoms with E-state index in [1.807, 2.05) is 0 Å². The zero-order valence-electron chi connectivity index (χ0n) is 19.5. The third-order valence-corrected chi connectivity index (χ3v) is 9.75. The van der Waals surface area contributed by atoms with Gasteiger partial charge in [0.1, 0.15) is 5.82 Å². The molecule has 3 aromatic rings. The van der Waals surface area contributed by atoms with Gasteiger partial charge in [-0.05, 0) is 49.2 Å². The summed E-state index contributed by atoms with van der Waals surface area (Å²) in [6, 6.07) is 11.0. The molecule has 0 radical (unpaired) electrons. The molecule has 2 aliphatic rings. The first-order valence-electron chi connectivity index (χ1n) is 11.5. The molecule has 0 unspecified atom stereocenters. The summed E-state index contributed by atoms with van der Waals surface area (Å²) < 4.78 is 53.0. The number of carbonyl (C=O) groups excluding carboxylic acids is 1. The van der Waals surface area contributed by atoms with Crippen molar-refractivity contribution in [3.63, 3.8) is 0 Å². The Balaban J connectivity index is 1.44. The van der Waals surface area contributed by atoms with Gasteiger partial charge in [-0.2, -0.15) is 9.40 Å². The number of carbonyl (C=O) groups is 1. The predicted molar refractivity (Wildman–Crippen MR) is 134 cm³/mol. The van der Waals surface area contributed by atoms with Crippen molar-refractivity contribution in [3.8, 4) is 5.69 Å². The Morgan fingerprint density at radius 2 is 1.62 bits per heavy atom. The van der Waals surface area contributed by atoms with Gasteiger partial charge >= 0.3 is 0 Å². The number of fused-ring (bicyclic) bond motifs is 1. The molecule has 0 aliphatic carbocycles. The van der Waals surface area contributed by atoms with Crippen LogP contribution in [0.5, 0.6) is 0 Å². The summed E-state index contributed by atoms with van der Waals surface area (Å²) in [7, 11) is -7.08. The van der Waals surface area contributed by atoms with Crippen LogP contribution in [0.2, 0.25) is 0 Å². The second-order valence-corrected chi connectivity index (χ2v) is 12.9. The minimum absolute atomic E-state index is 0.0915. The van der Waals surface area contributed by atoms with Crippen LogP contribution in [-0.2, 0) is 31.4 Å². The molecule has 3 heterocycles. The molecule has 2 aromatic carbocycles. The smallest absolute Gasteiger partial charge is 0.269 e. The number of sulfone groups is 1. The van der Waals surface area contributed by atoms with Gasteiger partial charge < -0.3 is 5.32 Å². The molecule has 5 rings (SSSR count). The van der Waals surface area contributed by atoms with Crippen molar-refractivity contribution in [2.24, 2.45) is 0 Å². The van der Waals surface area contributed by atoms with Gasteiger partial charge in [0.2, 0.25) is 10.0 Å².